The van der Waals surface area contributed by atoms with Crippen molar-refractivity contribution in [2.75, 3.05) is 0 Å². The minimum atomic E-state index is -2.20. The first-order valence-corrected chi connectivity index (χ1v) is 13.2. The highest BCUT2D eigenvalue weighted by Gasteiger charge is 2.52. The van der Waals surface area contributed by atoms with E-state index in [1.165, 1.54) is 6.07 Å². The Balaban J connectivity index is 1.79. The number of phenolic OH excluding ortho intramolecular Hbond substituents is 3. The summed E-state index contributed by atoms with van der Waals surface area (Å²) in [5.41, 5.74) is -0.150. The van der Waals surface area contributed by atoms with Gasteiger partial charge < -0.3 is 39.1 Å². The monoisotopic (exact) mass is 544 g/mol. The molecule has 4 N–H and O–H groups in total. The second-order valence-corrected chi connectivity index (χ2v) is 11.2. The van der Waals surface area contributed by atoms with Crippen LogP contribution in [0.1, 0.15) is 62.2 Å². The van der Waals surface area contributed by atoms with Gasteiger partial charge in [-0.3, -0.25) is 9.59 Å². The highest BCUT2D eigenvalue weighted by molar-refractivity contribution is 6.30. The average Bonchev–Trinajstić information content (AvgIpc) is 2.99. The number of aliphatic hydroxyl groups is 1. The number of aromatic hydroxyl groups is 3. The molecule has 40 heavy (non-hydrogen) atoms. The lowest BCUT2D eigenvalue weighted by molar-refractivity contribution is -0.246. The van der Waals surface area contributed by atoms with Gasteiger partial charge in [-0.15, -0.1) is 0 Å². The van der Waals surface area contributed by atoms with Gasteiger partial charge in [0.15, 0.2) is 11.0 Å². The second-order valence-electron chi connectivity index (χ2n) is 11.2. The molecule has 0 spiro atoms. The zero-order valence-electron chi connectivity index (χ0n) is 21.9. The number of ether oxygens (including phenoxy) is 3. The SMILES string of the molecule is CC1Cc2c(c(O)c3c(=O)cc4oc5c(=O)cc(O)c6c(O)c7c8c(c65)c4c3c2OC8(O)C(C)OC7C)C(C)O1. The highest BCUT2D eigenvalue weighted by atomic mass is 16.7. The third kappa shape index (κ3) is 2.51. The Kier molecular flexibility index (Phi) is 4.24. The van der Waals surface area contributed by atoms with Crippen LogP contribution < -0.4 is 15.6 Å². The van der Waals surface area contributed by atoms with Gasteiger partial charge in [0.2, 0.25) is 5.43 Å². The lowest BCUT2D eigenvalue weighted by Gasteiger charge is -2.43. The van der Waals surface area contributed by atoms with Gasteiger partial charge in [-0.25, -0.2) is 0 Å². The molecule has 4 aromatic carbocycles. The Morgan fingerprint density at radius 2 is 1.50 bits per heavy atom. The summed E-state index contributed by atoms with van der Waals surface area (Å²) in [6.45, 7) is 6.96. The number of benzene rings is 4. The first-order valence-electron chi connectivity index (χ1n) is 13.2. The summed E-state index contributed by atoms with van der Waals surface area (Å²) >= 11 is 0. The maximum atomic E-state index is 13.6. The molecule has 0 radical (unpaired) electrons. The zero-order chi connectivity index (χ0) is 28.2. The summed E-state index contributed by atoms with van der Waals surface area (Å²) < 4.78 is 24.7. The number of fused-ring (bicyclic) bond motifs is 2. The summed E-state index contributed by atoms with van der Waals surface area (Å²) in [5, 5.41) is 47.2. The van der Waals surface area contributed by atoms with Gasteiger partial charge in [0.05, 0.1) is 29.1 Å². The molecule has 0 fully saturated rings. The van der Waals surface area contributed by atoms with Crippen LogP contribution in [-0.4, -0.2) is 32.6 Å². The number of hydrogen-bond acceptors (Lipinski definition) is 10. The molecule has 5 unspecified atom stereocenters. The van der Waals surface area contributed by atoms with Crippen molar-refractivity contribution in [2.45, 2.75) is 64.3 Å². The molecule has 0 amide bonds. The topological polar surface area (TPSA) is 156 Å². The lowest BCUT2D eigenvalue weighted by Crippen LogP contribution is -2.49. The van der Waals surface area contributed by atoms with Crippen LogP contribution in [0.5, 0.6) is 23.0 Å². The van der Waals surface area contributed by atoms with Gasteiger partial charge in [-0.1, -0.05) is 0 Å². The van der Waals surface area contributed by atoms with E-state index in [1.807, 2.05) is 6.92 Å². The van der Waals surface area contributed by atoms with Crippen LogP contribution in [0.25, 0.3) is 43.5 Å². The van der Waals surface area contributed by atoms with Gasteiger partial charge in [0.1, 0.15) is 34.7 Å². The van der Waals surface area contributed by atoms with Gasteiger partial charge in [-0.2, -0.15) is 0 Å². The van der Waals surface area contributed by atoms with E-state index in [0.29, 0.717) is 22.9 Å². The standard InChI is InChI=1S/C30H24O10/c1-8-5-12-17(9(2)37-8)26(34)20-14(32)7-16-21-22-24-19(13(31)6-15(33)29(24)39-16)27(35)18-10(3)38-11(4)30(36,25(18)22)40-28(12)23(20)21/h6-11,31,34-36H,5H2,1-4H3. The quantitative estimate of drug-likeness (QED) is 0.165. The number of rotatable bonds is 0. The van der Waals surface area contributed by atoms with Crippen molar-refractivity contribution in [1.29, 1.82) is 0 Å². The Hall–Kier alpha value is -4.12. The largest absolute Gasteiger partial charge is 0.507 e. The molecule has 1 aromatic heterocycles. The molecule has 0 aliphatic carbocycles. The Labute approximate surface area is 224 Å². The first-order chi connectivity index (χ1) is 18.9. The fraction of sp³-hybridized carbons (Fsp3) is 0.333. The molecule has 5 atom stereocenters. The first kappa shape index (κ1) is 23.7. The van der Waals surface area contributed by atoms with Crippen LogP contribution in [-0.2, 0) is 21.7 Å². The smallest absolute Gasteiger partial charge is 0.262 e. The zero-order valence-corrected chi connectivity index (χ0v) is 21.9. The molecule has 8 rings (SSSR count). The van der Waals surface area contributed by atoms with Gasteiger partial charge in [0, 0.05) is 62.4 Å². The molecule has 4 heterocycles. The lowest BCUT2D eigenvalue weighted by atomic mass is 9.82. The van der Waals surface area contributed by atoms with Crippen molar-refractivity contribution in [1.82, 2.24) is 0 Å². The van der Waals surface area contributed by atoms with E-state index >= 15 is 0 Å². The van der Waals surface area contributed by atoms with Crippen LogP contribution in [0.15, 0.2) is 26.1 Å². The number of phenols is 3. The van der Waals surface area contributed by atoms with Crippen LogP contribution in [0.4, 0.5) is 0 Å². The molecule has 0 saturated carbocycles. The maximum Gasteiger partial charge on any atom is 0.262 e. The van der Waals surface area contributed by atoms with E-state index in [9.17, 15) is 30.0 Å². The van der Waals surface area contributed by atoms with E-state index in [4.69, 9.17) is 18.6 Å². The van der Waals surface area contributed by atoms with Gasteiger partial charge >= 0.3 is 0 Å². The average molecular weight is 545 g/mol. The van der Waals surface area contributed by atoms with E-state index < -0.39 is 40.7 Å². The minimum absolute atomic E-state index is 0.0374. The van der Waals surface area contributed by atoms with Crippen molar-refractivity contribution >= 4 is 43.5 Å². The van der Waals surface area contributed by atoms with Crippen LogP contribution in [0.3, 0.4) is 0 Å². The molecule has 10 nitrogen and oxygen atoms in total. The molecule has 5 aromatic rings. The molecule has 0 saturated heterocycles. The van der Waals surface area contributed by atoms with Crippen molar-refractivity contribution in [3.05, 3.63) is 54.8 Å². The predicted octanol–water partition coefficient (Wildman–Crippen LogP) is 4.21. The second kappa shape index (κ2) is 7.14. The third-order valence-electron chi connectivity index (χ3n) is 8.84. The molecule has 3 aliphatic heterocycles. The van der Waals surface area contributed by atoms with E-state index in [-0.39, 0.29) is 72.6 Å². The predicted molar refractivity (Wildman–Crippen MR) is 144 cm³/mol. The van der Waals surface area contributed by atoms with Crippen molar-refractivity contribution in [2.24, 2.45) is 0 Å². The third-order valence-corrected chi connectivity index (χ3v) is 8.84. The van der Waals surface area contributed by atoms with E-state index in [1.54, 1.807) is 20.8 Å². The minimum Gasteiger partial charge on any atom is -0.507 e. The Bertz CT molecular complexity index is 2130. The maximum absolute atomic E-state index is 13.6. The van der Waals surface area contributed by atoms with Crippen molar-refractivity contribution in [3.63, 3.8) is 0 Å². The Morgan fingerprint density at radius 1 is 0.800 bits per heavy atom. The van der Waals surface area contributed by atoms with E-state index in [2.05, 4.69) is 0 Å². The summed E-state index contributed by atoms with van der Waals surface area (Å²) in [7, 11) is 0. The van der Waals surface area contributed by atoms with E-state index in [0.717, 1.165) is 6.07 Å². The normalized spacial score (nSPS) is 27.1. The molecular formula is C30H24O10. The number of hydrogen-bond donors (Lipinski definition) is 4. The summed E-state index contributed by atoms with van der Waals surface area (Å²) in [6, 6.07) is 2.13. The Morgan fingerprint density at radius 3 is 2.25 bits per heavy atom. The molecular weight excluding hydrogens is 520 g/mol. The van der Waals surface area contributed by atoms with Crippen molar-refractivity contribution < 1.29 is 39.1 Å². The summed E-state index contributed by atoms with van der Waals surface area (Å²) in [4.78, 5) is 26.7. The summed E-state index contributed by atoms with van der Waals surface area (Å²) in [6.07, 6.45) is -2.26. The van der Waals surface area contributed by atoms with Gasteiger partial charge in [-0.05, 0) is 27.7 Å². The van der Waals surface area contributed by atoms with Gasteiger partial charge in [0.25, 0.3) is 5.79 Å². The molecule has 204 valence electrons. The van der Waals surface area contributed by atoms with Crippen LogP contribution in [0, 0.1) is 0 Å². The fourth-order valence-corrected chi connectivity index (χ4v) is 7.29. The van der Waals surface area contributed by atoms with Crippen LogP contribution in [0.2, 0.25) is 0 Å². The van der Waals surface area contributed by atoms with Crippen molar-refractivity contribution in [3.8, 4) is 23.0 Å². The molecule has 3 aliphatic rings. The molecule has 10 heteroatoms. The van der Waals surface area contributed by atoms with Crippen LogP contribution >= 0.6 is 0 Å². The highest BCUT2D eigenvalue weighted by Crippen LogP contribution is 2.59. The fourth-order valence-electron chi connectivity index (χ4n) is 7.29. The molecule has 0 bridgehead atoms. The summed E-state index contributed by atoms with van der Waals surface area (Å²) in [5.74, 6) is -3.16.